The van der Waals surface area contributed by atoms with Crippen LogP contribution in [-0.4, -0.2) is 50.9 Å². The molecule has 0 aliphatic carbocycles. The van der Waals surface area contributed by atoms with Gasteiger partial charge < -0.3 is 4.42 Å². The Kier molecular flexibility index (Phi) is 7.44. The summed E-state index contributed by atoms with van der Waals surface area (Å²) in [6, 6.07) is 48.9. The van der Waals surface area contributed by atoms with Crippen molar-refractivity contribution in [3.05, 3.63) is 146 Å². The highest BCUT2D eigenvalue weighted by Crippen LogP contribution is 2.38. The Labute approximate surface area is 316 Å². The fourth-order valence-corrected chi connectivity index (χ4v) is 7.48. The van der Waals surface area contributed by atoms with Gasteiger partial charge in [-0.25, -0.2) is 4.98 Å². The van der Waals surface area contributed by atoms with E-state index in [2.05, 4.69) is 65.2 Å². The van der Waals surface area contributed by atoms with Crippen LogP contribution in [0.1, 0.15) is 0 Å². The molecule has 0 saturated heterocycles. The van der Waals surface area contributed by atoms with Gasteiger partial charge in [-0.15, -0.1) is 16.4 Å². The molecule has 54 heavy (non-hydrogen) atoms. The molecule has 0 fully saturated rings. The van der Waals surface area contributed by atoms with Gasteiger partial charge in [0.25, 0.3) is 0 Å². The number of furan rings is 1. The van der Waals surface area contributed by atoms with E-state index in [1.807, 2.05) is 78.9 Å². The van der Waals surface area contributed by atoms with E-state index in [4.69, 9.17) is 50.8 Å². The smallest absolute Gasteiger partial charge is 0.238 e. The van der Waals surface area contributed by atoms with Crippen LogP contribution in [0.5, 0.6) is 0 Å². The summed E-state index contributed by atoms with van der Waals surface area (Å²) >= 11 is 0. The van der Waals surface area contributed by atoms with Crippen molar-refractivity contribution in [1.29, 1.82) is 0 Å². The molecule has 0 unspecified atom stereocenters. The number of hydrogen-bond acceptors (Lipinski definition) is 4. The van der Waals surface area contributed by atoms with Crippen LogP contribution in [0.4, 0.5) is 0 Å². The van der Waals surface area contributed by atoms with E-state index in [1.54, 1.807) is 6.07 Å². The Hall–Kier alpha value is -6.59. The maximum Gasteiger partial charge on any atom is 0.238 e. The highest BCUT2D eigenvalue weighted by molar-refractivity contribution is 6.63. The van der Waals surface area contributed by atoms with Crippen molar-refractivity contribution in [2.75, 3.05) is 0 Å². The van der Waals surface area contributed by atoms with Crippen molar-refractivity contribution in [2.24, 2.45) is 0 Å². The van der Waals surface area contributed by atoms with E-state index in [9.17, 15) is 0 Å². The highest BCUT2D eigenvalue weighted by atomic mass is 16.3. The van der Waals surface area contributed by atoms with Crippen molar-refractivity contribution in [3.8, 4) is 51.0 Å². The maximum atomic E-state index is 6.49. The predicted molar refractivity (Wildman–Crippen MR) is 225 cm³/mol. The molecular weight excluding hydrogens is 656 g/mol. The fourth-order valence-electron chi connectivity index (χ4n) is 7.48. The van der Waals surface area contributed by atoms with E-state index in [0.717, 1.165) is 60.4 Å². The molecule has 0 amide bonds. The van der Waals surface area contributed by atoms with Crippen LogP contribution in [0.3, 0.4) is 0 Å². The Morgan fingerprint density at radius 1 is 0.426 bits per heavy atom. The molecule has 242 valence electrons. The summed E-state index contributed by atoms with van der Waals surface area (Å²) in [7, 11) is 25.1. The zero-order valence-corrected chi connectivity index (χ0v) is 28.9. The molecule has 0 aliphatic rings. The van der Waals surface area contributed by atoms with Crippen LogP contribution in [-0.2, 0) is 0 Å². The second kappa shape index (κ2) is 12.5. The molecule has 0 spiro atoms. The summed E-state index contributed by atoms with van der Waals surface area (Å²) in [6.45, 7) is 0. The lowest BCUT2D eigenvalue weighted by Crippen LogP contribution is -2.47. The molecule has 10 rings (SSSR count). The van der Waals surface area contributed by atoms with Crippen LogP contribution >= 0.6 is 0 Å². The minimum atomic E-state index is 0.261. The van der Waals surface area contributed by atoms with Gasteiger partial charge in [0.2, 0.25) is 5.95 Å². The first-order valence-corrected chi connectivity index (χ1v) is 17.5. The number of hydrogen-bond donors (Lipinski definition) is 0. The summed E-state index contributed by atoms with van der Waals surface area (Å²) in [6.07, 6.45) is 0. The molecule has 3 aromatic heterocycles. The first-order chi connectivity index (χ1) is 26.4. The van der Waals surface area contributed by atoms with Crippen LogP contribution in [0, 0.1) is 0 Å². The monoisotopic (exact) mass is 680 g/mol. The van der Waals surface area contributed by atoms with Gasteiger partial charge in [-0.2, -0.15) is 9.97 Å². The van der Waals surface area contributed by atoms with Crippen LogP contribution in [0.15, 0.2) is 150 Å². The lowest BCUT2D eigenvalue weighted by atomic mass is 9.64. The second-order valence-corrected chi connectivity index (χ2v) is 13.3. The normalized spacial score (nSPS) is 11.6. The van der Waals surface area contributed by atoms with E-state index < -0.39 is 0 Å². The van der Waals surface area contributed by atoms with Gasteiger partial charge in [0.15, 0.2) is 11.6 Å². The first-order valence-electron chi connectivity index (χ1n) is 17.5. The predicted octanol–water partition coefficient (Wildman–Crippen LogP) is 6.71. The number of rotatable bonds is 5. The summed E-state index contributed by atoms with van der Waals surface area (Å²) in [4.78, 5) is 15.3. The summed E-state index contributed by atoms with van der Waals surface area (Å²) in [5.41, 5.74) is 10.1. The lowest BCUT2D eigenvalue weighted by molar-refractivity contribution is 0.669. The lowest BCUT2D eigenvalue weighted by Gasteiger charge is -2.17. The Bertz CT molecular complexity index is 3100. The average Bonchev–Trinajstić information content (AvgIpc) is 3.77. The third-order valence-corrected chi connectivity index (χ3v) is 10.2. The summed E-state index contributed by atoms with van der Waals surface area (Å²) < 4.78 is 8.60. The van der Waals surface area contributed by atoms with E-state index >= 15 is 0 Å². The van der Waals surface area contributed by atoms with Crippen molar-refractivity contribution in [3.63, 3.8) is 0 Å². The zero-order chi connectivity index (χ0) is 36.5. The van der Waals surface area contributed by atoms with Crippen LogP contribution in [0.2, 0.25) is 0 Å². The van der Waals surface area contributed by atoms with Gasteiger partial charge in [0.1, 0.15) is 42.6 Å². The van der Waals surface area contributed by atoms with Gasteiger partial charge in [-0.1, -0.05) is 115 Å². The van der Waals surface area contributed by atoms with Crippen molar-refractivity contribution >= 4 is 97.0 Å². The Balaban J connectivity index is 1.18. The van der Waals surface area contributed by atoms with Crippen molar-refractivity contribution in [2.45, 2.75) is 0 Å². The van der Waals surface area contributed by atoms with Gasteiger partial charge in [-0.05, 0) is 58.7 Å². The van der Waals surface area contributed by atoms with Crippen molar-refractivity contribution in [1.82, 2.24) is 19.5 Å². The molecule has 7 aromatic carbocycles. The molecular formula is C45H24B4N4O. The average molecular weight is 680 g/mol. The van der Waals surface area contributed by atoms with Gasteiger partial charge >= 0.3 is 0 Å². The van der Waals surface area contributed by atoms with Crippen LogP contribution in [0.25, 0.3) is 94.7 Å². The standard InChI is InChI=1S/C45H24B4N4O/c46-34-24-33(40(47)42(49)41(34)48)30-15-9-17-37-39(30)31-20-18-28(23-38(31)54-37)44-50-43(26-12-5-2-6-13-26)51-45(52-44)53-35-16-8-7-14-29(35)32-22-27(19-21-36(32)53)25-10-3-1-4-11-25/h1-24H. The topological polar surface area (TPSA) is 56.7 Å². The van der Waals surface area contributed by atoms with E-state index in [-0.39, 0.29) is 10.9 Å². The number of para-hydroxylation sites is 1. The van der Waals surface area contributed by atoms with E-state index in [0.29, 0.717) is 45.3 Å². The molecule has 9 heteroatoms. The SMILES string of the molecule is [B]c1cc(-c2cccc3oc4cc(-c5nc(-c6ccccc6)nc(-n6c7ccccc7c7cc(-c8ccccc8)ccc76)n5)ccc4c23)c([B])c([B])c1[B]. The van der Waals surface area contributed by atoms with Crippen LogP contribution < -0.4 is 21.9 Å². The third-order valence-electron chi connectivity index (χ3n) is 10.2. The minimum absolute atomic E-state index is 0.261. The number of benzene rings is 7. The molecule has 8 radical (unpaired) electrons. The zero-order valence-electron chi connectivity index (χ0n) is 28.9. The number of fused-ring (bicyclic) bond motifs is 6. The molecule has 10 aromatic rings. The molecule has 0 bridgehead atoms. The van der Waals surface area contributed by atoms with Gasteiger partial charge in [0.05, 0.1) is 11.0 Å². The molecule has 0 saturated carbocycles. The van der Waals surface area contributed by atoms with Gasteiger partial charge in [-0.3, -0.25) is 4.57 Å². The summed E-state index contributed by atoms with van der Waals surface area (Å²) in [5.74, 6) is 1.58. The minimum Gasteiger partial charge on any atom is -0.456 e. The number of aromatic nitrogens is 4. The Morgan fingerprint density at radius 3 is 1.91 bits per heavy atom. The molecule has 0 atom stereocenters. The molecule has 0 aliphatic heterocycles. The quantitative estimate of drug-likeness (QED) is 0.190. The van der Waals surface area contributed by atoms with E-state index in [1.165, 1.54) is 0 Å². The first kappa shape index (κ1) is 32.1. The Morgan fingerprint density at radius 2 is 1.11 bits per heavy atom. The molecule has 3 heterocycles. The maximum absolute atomic E-state index is 6.49. The fraction of sp³-hybridized carbons (Fsp3) is 0. The highest BCUT2D eigenvalue weighted by Gasteiger charge is 2.20. The third kappa shape index (κ3) is 5.11. The molecule has 0 N–H and O–H groups in total. The van der Waals surface area contributed by atoms with Gasteiger partial charge in [0, 0.05) is 32.7 Å². The van der Waals surface area contributed by atoms with Crippen molar-refractivity contribution < 1.29 is 4.42 Å². The molecule has 5 nitrogen and oxygen atoms in total. The number of nitrogens with zero attached hydrogens (tertiary/aromatic N) is 4. The largest absolute Gasteiger partial charge is 0.456 e. The summed E-state index contributed by atoms with van der Waals surface area (Å²) in [5, 5.41) is 4.00. The second-order valence-electron chi connectivity index (χ2n) is 13.3.